The molecule has 0 N–H and O–H groups in total. The molecule has 10 nitrogen and oxygen atoms in total. The van der Waals surface area contributed by atoms with Gasteiger partial charge >= 0.3 is 17.2 Å². The lowest BCUT2D eigenvalue weighted by atomic mass is 9.95. The summed E-state index contributed by atoms with van der Waals surface area (Å²) in [5, 5.41) is 0. The predicted molar refractivity (Wildman–Crippen MR) is 280 cm³/mol. The number of methoxy groups -OCH3 is 4. The van der Waals surface area contributed by atoms with Gasteiger partial charge in [-0.15, -0.1) is 0 Å². The molecule has 1 atom stereocenters. The maximum atomic E-state index is 7.17. The van der Waals surface area contributed by atoms with Crippen LogP contribution in [-0.4, -0.2) is 54.9 Å². The van der Waals surface area contributed by atoms with Crippen LogP contribution >= 0.6 is 17.2 Å². The van der Waals surface area contributed by atoms with Crippen molar-refractivity contribution in [1.82, 2.24) is 0 Å². The van der Waals surface area contributed by atoms with Crippen molar-refractivity contribution >= 4 is 17.2 Å². The monoisotopic (exact) mass is 976 g/mol. The molecular weight excluding hydrogens is 907 g/mol. The van der Waals surface area contributed by atoms with E-state index in [2.05, 4.69) is 76.2 Å². The van der Waals surface area contributed by atoms with E-state index in [1.165, 1.54) is 0 Å². The van der Waals surface area contributed by atoms with E-state index in [1.807, 2.05) is 72.8 Å². The highest BCUT2D eigenvalue weighted by molar-refractivity contribution is 7.43. The fourth-order valence-corrected chi connectivity index (χ4v) is 10.5. The molecule has 0 saturated heterocycles. The normalized spacial score (nSPS) is 11.7. The van der Waals surface area contributed by atoms with Gasteiger partial charge in [0.05, 0.1) is 0 Å². The summed E-state index contributed by atoms with van der Waals surface area (Å²) in [4.78, 5) is 0. The van der Waals surface area contributed by atoms with E-state index in [1.54, 1.807) is 28.4 Å². The maximum absolute atomic E-state index is 7.17. The van der Waals surface area contributed by atoms with E-state index in [4.69, 9.17) is 46.1 Å². The number of hydrogen-bond donors (Lipinski definition) is 0. The zero-order chi connectivity index (χ0) is 48.8. The highest BCUT2D eigenvalue weighted by Crippen LogP contribution is 2.53. The number of unbranched alkanes of at least 4 members (excludes halogenated alkanes) is 1. The van der Waals surface area contributed by atoms with Crippen LogP contribution in [0.2, 0.25) is 0 Å². The lowest BCUT2D eigenvalue weighted by Crippen LogP contribution is -2.08. The molecule has 0 spiro atoms. The van der Waals surface area contributed by atoms with Gasteiger partial charge in [0.1, 0.15) is 34.5 Å². The Kier molecular flexibility index (Phi) is 21.9. The van der Waals surface area contributed by atoms with Crippen molar-refractivity contribution in [2.45, 2.75) is 85.5 Å². The van der Waals surface area contributed by atoms with Crippen molar-refractivity contribution < 1.29 is 46.1 Å². The molecule has 0 aromatic heterocycles. The molecule has 0 heterocycles. The number of benzene rings is 6. The highest BCUT2D eigenvalue weighted by Gasteiger charge is 2.30. The van der Waals surface area contributed by atoms with Crippen LogP contribution in [0.25, 0.3) is 11.1 Å². The third-order valence-electron chi connectivity index (χ3n) is 11.5. The fourth-order valence-electron chi connectivity index (χ4n) is 8.11. The molecule has 0 fully saturated rings. The van der Waals surface area contributed by atoms with Crippen molar-refractivity contribution in [1.29, 1.82) is 0 Å². The minimum Gasteiger partial charge on any atom is -0.408 e. The molecule has 6 aromatic rings. The summed E-state index contributed by atoms with van der Waals surface area (Å²) in [5.74, 6) is 4.04. The molecule has 1 unspecified atom stereocenters. The molecule has 6 aromatic carbocycles. The Morgan fingerprint density at radius 3 is 0.942 bits per heavy atom. The number of rotatable bonds is 30. The zero-order valence-corrected chi connectivity index (χ0v) is 43.5. The van der Waals surface area contributed by atoms with Gasteiger partial charge in [-0.1, -0.05) is 84.9 Å². The van der Waals surface area contributed by atoms with Gasteiger partial charge in [-0.2, -0.15) is 0 Å². The van der Waals surface area contributed by atoms with Crippen LogP contribution < -0.4 is 27.1 Å². The fraction of sp³-hybridized carbons (Fsp3) is 0.368. The first-order valence-electron chi connectivity index (χ1n) is 23.9. The Bertz CT molecular complexity index is 2440. The number of ether oxygens (including phenoxy) is 4. The van der Waals surface area contributed by atoms with Crippen LogP contribution in [0.1, 0.15) is 76.6 Å². The van der Waals surface area contributed by atoms with Crippen LogP contribution in [0.4, 0.5) is 0 Å². The lowest BCUT2D eigenvalue weighted by Gasteiger charge is -2.25. The summed E-state index contributed by atoms with van der Waals surface area (Å²) in [5.41, 5.74) is 9.79. The molecule has 0 aliphatic rings. The smallest absolute Gasteiger partial charge is 0.408 e. The van der Waals surface area contributed by atoms with Crippen LogP contribution in [0, 0.1) is 27.7 Å². The zero-order valence-electron chi connectivity index (χ0n) is 41.7. The average Bonchev–Trinajstić information content (AvgIpc) is 3.34. The first-order valence-corrected chi connectivity index (χ1v) is 26.1. The number of hydrogen-bond acceptors (Lipinski definition) is 10. The van der Waals surface area contributed by atoms with E-state index in [-0.39, 0.29) is 0 Å². The topological polar surface area (TPSA) is 92.3 Å². The summed E-state index contributed by atoms with van der Waals surface area (Å²) < 4.78 is 63.5. The first-order chi connectivity index (χ1) is 33.7. The minimum absolute atomic E-state index is 0.617. The second kappa shape index (κ2) is 28.5. The van der Waals surface area contributed by atoms with Gasteiger partial charge < -0.3 is 46.1 Å². The minimum atomic E-state index is -2.09. The third kappa shape index (κ3) is 16.2. The molecule has 368 valence electrons. The second-order valence-electron chi connectivity index (χ2n) is 17.1. The average molecular weight is 977 g/mol. The van der Waals surface area contributed by atoms with Crippen LogP contribution in [0.15, 0.2) is 121 Å². The summed E-state index contributed by atoms with van der Waals surface area (Å²) in [6.07, 6.45) is 7.52. The van der Waals surface area contributed by atoms with E-state index in [9.17, 15) is 0 Å². The Hall–Kier alpha value is -5.18. The summed E-state index contributed by atoms with van der Waals surface area (Å²) >= 11 is 0. The molecular formula is C57H70O10P2. The molecule has 0 radical (unpaired) electrons. The van der Waals surface area contributed by atoms with Crippen molar-refractivity contribution in [3.63, 3.8) is 0 Å². The third-order valence-corrected chi connectivity index (χ3v) is 13.5. The van der Waals surface area contributed by atoms with Crippen molar-refractivity contribution in [2.24, 2.45) is 0 Å². The molecule has 0 bridgehead atoms. The molecule has 0 aliphatic carbocycles. The quantitative estimate of drug-likeness (QED) is 0.0321. The number of aryl methyl sites for hydroxylation is 8. The predicted octanol–water partition coefficient (Wildman–Crippen LogP) is 14.8. The van der Waals surface area contributed by atoms with E-state index in [0.717, 1.165) is 113 Å². The van der Waals surface area contributed by atoms with Crippen molar-refractivity contribution in [2.75, 3.05) is 54.9 Å². The van der Waals surface area contributed by atoms with Gasteiger partial charge in [-0.25, -0.2) is 0 Å². The Morgan fingerprint density at radius 2 is 0.623 bits per heavy atom. The van der Waals surface area contributed by atoms with Gasteiger partial charge in [-0.3, -0.25) is 0 Å². The van der Waals surface area contributed by atoms with E-state index >= 15 is 0 Å². The molecule has 6 rings (SSSR count). The SMILES string of the molecule is COCCCCc1ccccc1OP(Oc1ccccc1CCCOC)Oc1c(C)cc(C)cc1-c1cc(C)cc(C)c1OP(Oc1ccccc1CCCOC)Oc1ccccc1CCCOC. The van der Waals surface area contributed by atoms with Gasteiger partial charge in [0, 0.05) is 66.0 Å². The second-order valence-corrected chi connectivity index (χ2v) is 19.1. The van der Waals surface area contributed by atoms with Gasteiger partial charge in [-0.05, 0) is 166 Å². The molecule has 69 heavy (non-hydrogen) atoms. The molecule has 0 saturated carbocycles. The standard InChI is InChI=1S/C57H70O10P2/c1-42-38-44(3)56(66-68(63-53-31-14-10-23-47(53)27-19-35-59-6)62-52-30-13-9-22-46(52)26-17-18-34-58-5)50(40-42)51-41-43(2)39-45(4)57(51)67-69(64-54-32-15-11-24-48(54)28-20-36-60-7)65-55-33-16-12-25-49(55)29-21-37-61-8/h9-16,22-25,30-33,38-41H,17-21,26-29,34-37H2,1-8H3. The largest absolute Gasteiger partial charge is 0.530 e. The summed E-state index contributed by atoms with van der Waals surface area (Å²) in [6, 6.07) is 40.8. The lowest BCUT2D eigenvalue weighted by molar-refractivity contribution is 0.193. The van der Waals surface area contributed by atoms with Gasteiger partial charge in [0.25, 0.3) is 0 Å². The highest BCUT2D eigenvalue weighted by atomic mass is 31.2. The Morgan fingerprint density at radius 1 is 0.333 bits per heavy atom. The Balaban J connectivity index is 1.44. The van der Waals surface area contributed by atoms with E-state index in [0.29, 0.717) is 60.9 Å². The number of para-hydroxylation sites is 4. The molecule has 12 heteroatoms. The van der Waals surface area contributed by atoms with Crippen LogP contribution in [-0.2, 0) is 44.6 Å². The molecule has 0 amide bonds. The Labute approximate surface area is 413 Å². The summed E-state index contributed by atoms with van der Waals surface area (Å²) in [7, 11) is 2.73. The van der Waals surface area contributed by atoms with Crippen LogP contribution in [0.3, 0.4) is 0 Å². The van der Waals surface area contributed by atoms with E-state index < -0.39 is 17.2 Å². The van der Waals surface area contributed by atoms with Gasteiger partial charge in [0.15, 0.2) is 0 Å². The first kappa shape index (κ1) is 53.2. The van der Waals surface area contributed by atoms with Crippen LogP contribution in [0.5, 0.6) is 34.5 Å². The van der Waals surface area contributed by atoms with Crippen molar-refractivity contribution in [3.8, 4) is 45.6 Å². The summed E-state index contributed by atoms with van der Waals surface area (Å²) in [6.45, 7) is 10.9. The molecule has 0 aliphatic heterocycles. The van der Waals surface area contributed by atoms with Crippen molar-refractivity contribution in [3.05, 3.63) is 166 Å². The maximum Gasteiger partial charge on any atom is 0.530 e. The van der Waals surface area contributed by atoms with Gasteiger partial charge in [0.2, 0.25) is 0 Å².